The fraction of sp³-hybridized carbons (Fsp3) is 0.250. The van der Waals surface area contributed by atoms with Gasteiger partial charge in [-0.1, -0.05) is 24.3 Å². The first-order valence-electron chi connectivity index (χ1n) is 4.72. The fourth-order valence-electron chi connectivity index (χ4n) is 1.96. The van der Waals surface area contributed by atoms with Gasteiger partial charge < -0.3 is 5.11 Å². The van der Waals surface area contributed by atoms with E-state index in [1.165, 1.54) is 11.1 Å². The molecule has 0 radical (unpaired) electrons. The highest BCUT2D eigenvalue weighted by Crippen LogP contribution is 2.28. The molecule has 2 heteroatoms. The lowest BCUT2D eigenvalue weighted by Crippen LogP contribution is -2.08. The van der Waals surface area contributed by atoms with Gasteiger partial charge in [-0.2, -0.15) is 0 Å². The zero-order chi connectivity index (χ0) is 10.1. The summed E-state index contributed by atoms with van der Waals surface area (Å²) in [6.07, 6.45) is 3.60. The quantitative estimate of drug-likeness (QED) is 0.734. The molecule has 1 N–H and O–H groups in total. The predicted octanol–water partition coefficient (Wildman–Crippen LogP) is 2.41. The molecule has 0 spiro atoms. The molecule has 2 rings (SSSR count). The molecule has 1 aromatic rings. The smallest absolute Gasteiger partial charge is 0.335 e. The SMILES string of the molecule is Cc1cccc2c1CCC=C2C(=O)O. The number of aryl methyl sites for hydroxylation is 1. The van der Waals surface area contributed by atoms with Gasteiger partial charge in [-0.25, -0.2) is 4.79 Å². The van der Waals surface area contributed by atoms with Gasteiger partial charge in [-0.15, -0.1) is 0 Å². The molecule has 0 fully saturated rings. The molecule has 0 aliphatic heterocycles. The Balaban J connectivity index is 2.59. The van der Waals surface area contributed by atoms with Crippen molar-refractivity contribution in [1.82, 2.24) is 0 Å². The molecule has 72 valence electrons. The Morgan fingerprint density at radius 2 is 2.21 bits per heavy atom. The van der Waals surface area contributed by atoms with Crippen LogP contribution in [0.4, 0.5) is 0 Å². The third-order valence-electron chi connectivity index (χ3n) is 2.67. The minimum Gasteiger partial charge on any atom is -0.478 e. The van der Waals surface area contributed by atoms with Crippen molar-refractivity contribution in [2.45, 2.75) is 19.8 Å². The van der Waals surface area contributed by atoms with E-state index in [0.29, 0.717) is 5.57 Å². The maximum Gasteiger partial charge on any atom is 0.335 e. The van der Waals surface area contributed by atoms with Gasteiger partial charge in [0, 0.05) is 0 Å². The van der Waals surface area contributed by atoms with Crippen LogP contribution in [0.3, 0.4) is 0 Å². The van der Waals surface area contributed by atoms with Crippen molar-refractivity contribution in [2.24, 2.45) is 0 Å². The van der Waals surface area contributed by atoms with Crippen LogP contribution in [0.15, 0.2) is 24.3 Å². The molecule has 2 nitrogen and oxygen atoms in total. The second kappa shape index (κ2) is 3.29. The molecular formula is C12H12O2. The van der Waals surface area contributed by atoms with Gasteiger partial charge in [-0.3, -0.25) is 0 Å². The third-order valence-corrected chi connectivity index (χ3v) is 2.67. The molecule has 1 aliphatic carbocycles. The van der Waals surface area contributed by atoms with Crippen molar-refractivity contribution < 1.29 is 9.90 Å². The monoisotopic (exact) mass is 188 g/mol. The van der Waals surface area contributed by atoms with Gasteiger partial charge >= 0.3 is 5.97 Å². The normalized spacial score (nSPS) is 14.5. The Kier molecular flexibility index (Phi) is 2.12. The van der Waals surface area contributed by atoms with Gasteiger partial charge in [0.2, 0.25) is 0 Å². The predicted molar refractivity (Wildman–Crippen MR) is 55.1 cm³/mol. The summed E-state index contributed by atoms with van der Waals surface area (Å²) in [6, 6.07) is 5.83. The number of carboxylic acids is 1. The van der Waals surface area contributed by atoms with Gasteiger partial charge in [-0.05, 0) is 36.5 Å². The minimum absolute atomic E-state index is 0.454. The zero-order valence-corrected chi connectivity index (χ0v) is 8.08. The number of hydrogen-bond acceptors (Lipinski definition) is 1. The van der Waals surface area contributed by atoms with Gasteiger partial charge in [0.1, 0.15) is 0 Å². The lowest BCUT2D eigenvalue weighted by molar-refractivity contribution is -0.130. The maximum atomic E-state index is 11.0. The Hall–Kier alpha value is -1.57. The average Bonchev–Trinajstić information content (AvgIpc) is 2.17. The molecule has 14 heavy (non-hydrogen) atoms. The molecule has 0 heterocycles. The Morgan fingerprint density at radius 3 is 2.93 bits per heavy atom. The number of rotatable bonds is 1. The van der Waals surface area contributed by atoms with Crippen LogP contribution < -0.4 is 0 Å². The van der Waals surface area contributed by atoms with E-state index in [2.05, 4.69) is 0 Å². The van der Waals surface area contributed by atoms with Crippen LogP contribution >= 0.6 is 0 Å². The van der Waals surface area contributed by atoms with E-state index in [4.69, 9.17) is 5.11 Å². The Morgan fingerprint density at radius 1 is 1.43 bits per heavy atom. The summed E-state index contributed by atoms with van der Waals surface area (Å²) in [5.41, 5.74) is 3.72. The van der Waals surface area contributed by atoms with E-state index in [1.807, 2.05) is 31.2 Å². The van der Waals surface area contributed by atoms with E-state index in [9.17, 15) is 4.79 Å². The molecule has 0 unspecified atom stereocenters. The van der Waals surface area contributed by atoms with Crippen molar-refractivity contribution in [3.8, 4) is 0 Å². The van der Waals surface area contributed by atoms with Crippen molar-refractivity contribution in [3.63, 3.8) is 0 Å². The van der Waals surface area contributed by atoms with Crippen molar-refractivity contribution in [3.05, 3.63) is 41.0 Å². The number of allylic oxidation sites excluding steroid dienone is 1. The van der Waals surface area contributed by atoms with E-state index >= 15 is 0 Å². The molecule has 1 aliphatic rings. The first-order valence-corrected chi connectivity index (χ1v) is 4.72. The van der Waals surface area contributed by atoms with Crippen LogP contribution in [-0.2, 0) is 11.2 Å². The molecule has 0 saturated heterocycles. The summed E-state index contributed by atoms with van der Waals surface area (Å²) >= 11 is 0. The molecule has 0 bridgehead atoms. The highest BCUT2D eigenvalue weighted by molar-refractivity contribution is 6.16. The van der Waals surface area contributed by atoms with E-state index in [1.54, 1.807) is 0 Å². The lowest BCUT2D eigenvalue weighted by Gasteiger charge is -2.16. The third kappa shape index (κ3) is 1.33. The summed E-state index contributed by atoms with van der Waals surface area (Å²) in [5, 5.41) is 9.01. The summed E-state index contributed by atoms with van der Waals surface area (Å²) in [4.78, 5) is 11.0. The van der Waals surface area contributed by atoms with Crippen LogP contribution in [-0.4, -0.2) is 11.1 Å². The van der Waals surface area contributed by atoms with Crippen LogP contribution in [0.25, 0.3) is 5.57 Å². The molecule has 0 saturated carbocycles. The standard InChI is InChI=1S/C12H12O2/c1-8-4-2-6-10-9(8)5-3-7-11(10)12(13)14/h2,4,6-7H,3,5H2,1H3,(H,13,14). The van der Waals surface area contributed by atoms with Gasteiger partial charge in [0.25, 0.3) is 0 Å². The lowest BCUT2D eigenvalue weighted by atomic mass is 9.88. The molecule has 0 aromatic heterocycles. The topological polar surface area (TPSA) is 37.3 Å². The fourth-order valence-corrected chi connectivity index (χ4v) is 1.96. The van der Waals surface area contributed by atoms with Crippen LogP contribution in [0, 0.1) is 6.92 Å². The molecular weight excluding hydrogens is 176 g/mol. The van der Waals surface area contributed by atoms with Crippen molar-refractivity contribution in [2.75, 3.05) is 0 Å². The second-order valence-corrected chi connectivity index (χ2v) is 3.56. The van der Waals surface area contributed by atoms with E-state index < -0.39 is 5.97 Å². The first kappa shape index (κ1) is 9.00. The number of carbonyl (C=O) groups is 1. The number of fused-ring (bicyclic) bond motifs is 1. The molecule has 0 amide bonds. The zero-order valence-electron chi connectivity index (χ0n) is 8.08. The number of aliphatic carboxylic acids is 1. The summed E-state index contributed by atoms with van der Waals surface area (Å²) in [5.74, 6) is -0.823. The maximum absolute atomic E-state index is 11.0. The first-order chi connectivity index (χ1) is 6.70. The summed E-state index contributed by atoms with van der Waals surface area (Å²) < 4.78 is 0. The van der Waals surface area contributed by atoms with E-state index in [0.717, 1.165) is 18.4 Å². The number of carboxylic acid groups (broad SMARTS) is 1. The summed E-state index contributed by atoms with van der Waals surface area (Å²) in [7, 11) is 0. The minimum atomic E-state index is -0.823. The Labute approximate surface area is 82.9 Å². The molecule has 0 atom stereocenters. The van der Waals surface area contributed by atoms with Gasteiger partial charge in [0.05, 0.1) is 5.57 Å². The van der Waals surface area contributed by atoms with Crippen molar-refractivity contribution >= 4 is 11.5 Å². The van der Waals surface area contributed by atoms with Crippen molar-refractivity contribution in [1.29, 1.82) is 0 Å². The highest BCUT2D eigenvalue weighted by Gasteiger charge is 2.18. The average molecular weight is 188 g/mol. The summed E-state index contributed by atoms with van der Waals surface area (Å²) in [6.45, 7) is 2.03. The van der Waals surface area contributed by atoms with Gasteiger partial charge in [0.15, 0.2) is 0 Å². The Bertz CT molecular complexity index is 416. The number of hydrogen-bond donors (Lipinski definition) is 1. The van der Waals surface area contributed by atoms with E-state index in [-0.39, 0.29) is 0 Å². The van der Waals surface area contributed by atoms with Crippen LogP contribution in [0.1, 0.15) is 23.1 Å². The highest BCUT2D eigenvalue weighted by atomic mass is 16.4. The largest absolute Gasteiger partial charge is 0.478 e. The second-order valence-electron chi connectivity index (χ2n) is 3.56. The number of benzene rings is 1. The van der Waals surface area contributed by atoms with Crippen LogP contribution in [0.2, 0.25) is 0 Å². The van der Waals surface area contributed by atoms with Crippen LogP contribution in [0.5, 0.6) is 0 Å². The molecule has 1 aromatic carbocycles.